The second-order valence-electron chi connectivity index (χ2n) is 4.02. The van der Waals surface area contributed by atoms with E-state index in [-0.39, 0.29) is 12.0 Å². The molecular formula is C9H14N4. The number of nitrogens with zero attached hydrogens (tertiary/aromatic N) is 3. The lowest BCUT2D eigenvalue weighted by atomic mass is 9.92. The molecule has 0 fully saturated rings. The molecule has 0 spiro atoms. The minimum Gasteiger partial charge on any atom is -0.384 e. The first kappa shape index (κ1) is 9.59. The van der Waals surface area contributed by atoms with E-state index in [4.69, 9.17) is 11.0 Å². The third-order valence-electron chi connectivity index (χ3n) is 1.80. The van der Waals surface area contributed by atoms with Crippen LogP contribution in [0.5, 0.6) is 0 Å². The average Bonchev–Trinajstić information content (AvgIpc) is 2.32. The fourth-order valence-corrected chi connectivity index (χ4v) is 0.991. The van der Waals surface area contributed by atoms with Crippen LogP contribution in [-0.2, 0) is 12.0 Å². The first-order valence-electron chi connectivity index (χ1n) is 4.16. The molecule has 1 heterocycles. The van der Waals surface area contributed by atoms with Crippen LogP contribution in [0.25, 0.3) is 0 Å². The Morgan fingerprint density at radius 1 is 1.62 bits per heavy atom. The zero-order valence-corrected chi connectivity index (χ0v) is 8.20. The Hall–Kier alpha value is -1.50. The molecule has 0 amide bonds. The van der Waals surface area contributed by atoms with Crippen LogP contribution in [0.15, 0.2) is 6.07 Å². The minimum atomic E-state index is -0.0190. The third kappa shape index (κ3) is 2.00. The monoisotopic (exact) mass is 178 g/mol. The Morgan fingerprint density at radius 2 is 2.23 bits per heavy atom. The van der Waals surface area contributed by atoms with Crippen LogP contribution in [0.2, 0.25) is 0 Å². The van der Waals surface area contributed by atoms with Crippen molar-refractivity contribution in [3.8, 4) is 6.07 Å². The highest BCUT2D eigenvalue weighted by atomic mass is 15.3. The Kier molecular flexibility index (Phi) is 2.28. The third-order valence-corrected chi connectivity index (χ3v) is 1.80. The van der Waals surface area contributed by atoms with Gasteiger partial charge < -0.3 is 5.73 Å². The summed E-state index contributed by atoms with van der Waals surface area (Å²) in [5.41, 5.74) is 6.57. The van der Waals surface area contributed by atoms with Crippen molar-refractivity contribution < 1.29 is 0 Å². The van der Waals surface area contributed by atoms with Crippen molar-refractivity contribution >= 4 is 5.82 Å². The summed E-state index contributed by atoms with van der Waals surface area (Å²) in [5.74, 6) is 0.548. The van der Waals surface area contributed by atoms with Gasteiger partial charge in [0, 0.05) is 11.5 Å². The number of rotatable bonds is 1. The van der Waals surface area contributed by atoms with Gasteiger partial charge in [-0.1, -0.05) is 20.8 Å². The predicted octanol–water partition coefficient (Wildman–Crippen LogP) is 1.29. The first-order valence-corrected chi connectivity index (χ1v) is 4.16. The van der Waals surface area contributed by atoms with Gasteiger partial charge in [0.15, 0.2) is 0 Å². The van der Waals surface area contributed by atoms with Crippen LogP contribution in [0.1, 0.15) is 26.5 Å². The molecule has 0 aromatic carbocycles. The van der Waals surface area contributed by atoms with Crippen molar-refractivity contribution in [1.29, 1.82) is 5.26 Å². The van der Waals surface area contributed by atoms with Crippen molar-refractivity contribution in [3.63, 3.8) is 0 Å². The van der Waals surface area contributed by atoms with Gasteiger partial charge in [0.2, 0.25) is 0 Å². The van der Waals surface area contributed by atoms with Gasteiger partial charge in [-0.2, -0.15) is 10.4 Å². The Balaban J connectivity index is 3.04. The molecule has 1 aromatic heterocycles. The maximum absolute atomic E-state index is 8.49. The number of anilines is 1. The molecule has 0 aliphatic rings. The predicted molar refractivity (Wildman–Crippen MR) is 51.0 cm³/mol. The van der Waals surface area contributed by atoms with Crippen molar-refractivity contribution in [2.75, 3.05) is 5.73 Å². The summed E-state index contributed by atoms with van der Waals surface area (Å²) in [5, 5.41) is 12.7. The lowest BCUT2D eigenvalue weighted by Gasteiger charge is -2.13. The average molecular weight is 178 g/mol. The maximum Gasteiger partial charge on any atom is 0.130 e. The summed E-state index contributed by atoms with van der Waals surface area (Å²) < 4.78 is 1.51. The van der Waals surface area contributed by atoms with Crippen LogP contribution in [0, 0.1) is 11.3 Å². The minimum absolute atomic E-state index is 0.0190. The molecule has 0 atom stereocenters. The first-order chi connectivity index (χ1) is 5.95. The molecule has 0 unspecified atom stereocenters. The lowest BCUT2D eigenvalue weighted by Crippen LogP contribution is -2.12. The number of nitrogen functional groups attached to an aromatic ring is 1. The standard InChI is InChI=1S/C9H14N4/c1-9(2,3)7-6-8(11)13(12-7)5-4-10/h6H,5,11H2,1-3H3. The number of hydrogen-bond acceptors (Lipinski definition) is 3. The molecule has 0 aliphatic carbocycles. The molecule has 0 saturated heterocycles. The summed E-state index contributed by atoms with van der Waals surface area (Å²) in [6, 6.07) is 3.83. The fraction of sp³-hybridized carbons (Fsp3) is 0.556. The zero-order valence-electron chi connectivity index (χ0n) is 8.20. The van der Waals surface area contributed by atoms with Crippen LogP contribution in [-0.4, -0.2) is 9.78 Å². The van der Waals surface area contributed by atoms with Crippen LogP contribution < -0.4 is 5.73 Å². The molecule has 0 bridgehead atoms. The lowest BCUT2D eigenvalue weighted by molar-refractivity contribution is 0.548. The molecule has 1 rings (SSSR count). The van der Waals surface area contributed by atoms with E-state index in [0.29, 0.717) is 5.82 Å². The van der Waals surface area contributed by atoms with Gasteiger partial charge in [-0.05, 0) is 0 Å². The highest BCUT2D eigenvalue weighted by Crippen LogP contribution is 2.22. The molecule has 2 N–H and O–H groups in total. The van der Waals surface area contributed by atoms with E-state index in [9.17, 15) is 0 Å². The quantitative estimate of drug-likeness (QED) is 0.704. The van der Waals surface area contributed by atoms with Crippen LogP contribution in [0.4, 0.5) is 5.82 Å². The number of nitriles is 1. The molecule has 4 nitrogen and oxygen atoms in total. The van der Waals surface area contributed by atoms with Gasteiger partial charge in [-0.15, -0.1) is 0 Å². The van der Waals surface area contributed by atoms with E-state index in [1.807, 2.05) is 12.1 Å². The van der Waals surface area contributed by atoms with Crippen molar-refractivity contribution in [3.05, 3.63) is 11.8 Å². The molecule has 70 valence electrons. The van der Waals surface area contributed by atoms with E-state index in [2.05, 4.69) is 25.9 Å². The topological polar surface area (TPSA) is 67.6 Å². The SMILES string of the molecule is CC(C)(C)c1cc(N)n(CC#N)n1. The summed E-state index contributed by atoms with van der Waals surface area (Å²) in [7, 11) is 0. The Labute approximate surface area is 78.0 Å². The van der Waals surface area contributed by atoms with Gasteiger partial charge in [0.1, 0.15) is 12.4 Å². The summed E-state index contributed by atoms with van der Waals surface area (Å²) >= 11 is 0. The van der Waals surface area contributed by atoms with Gasteiger partial charge in [-0.3, -0.25) is 0 Å². The molecule has 0 saturated carbocycles. The largest absolute Gasteiger partial charge is 0.384 e. The fourth-order valence-electron chi connectivity index (χ4n) is 0.991. The van der Waals surface area contributed by atoms with E-state index < -0.39 is 0 Å². The molecule has 0 radical (unpaired) electrons. The normalized spacial score (nSPS) is 11.2. The molecular weight excluding hydrogens is 164 g/mol. The molecule has 4 heteroatoms. The van der Waals surface area contributed by atoms with Gasteiger partial charge in [-0.25, -0.2) is 4.68 Å². The number of hydrogen-bond donors (Lipinski definition) is 1. The maximum atomic E-state index is 8.49. The molecule has 1 aromatic rings. The van der Waals surface area contributed by atoms with E-state index in [1.165, 1.54) is 4.68 Å². The summed E-state index contributed by atoms with van der Waals surface area (Å²) in [6.07, 6.45) is 0. The van der Waals surface area contributed by atoms with E-state index in [1.54, 1.807) is 0 Å². The van der Waals surface area contributed by atoms with Crippen LogP contribution in [0.3, 0.4) is 0 Å². The second-order valence-corrected chi connectivity index (χ2v) is 4.02. The highest BCUT2D eigenvalue weighted by Gasteiger charge is 2.18. The zero-order chi connectivity index (χ0) is 10.1. The second kappa shape index (κ2) is 3.09. The van der Waals surface area contributed by atoms with Crippen molar-refractivity contribution in [1.82, 2.24) is 9.78 Å². The number of aromatic nitrogens is 2. The van der Waals surface area contributed by atoms with E-state index >= 15 is 0 Å². The summed E-state index contributed by atoms with van der Waals surface area (Å²) in [6.45, 7) is 6.39. The molecule has 0 aliphatic heterocycles. The van der Waals surface area contributed by atoms with E-state index in [0.717, 1.165) is 5.69 Å². The van der Waals surface area contributed by atoms with Gasteiger partial charge in [0.25, 0.3) is 0 Å². The molecule has 13 heavy (non-hydrogen) atoms. The Morgan fingerprint density at radius 3 is 2.62 bits per heavy atom. The van der Waals surface area contributed by atoms with Gasteiger partial charge >= 0.3 is 0 Å². The summed E-state index contributed by atoms with van der Waals surface area (Å²) in [4.78, 5) is 0. The smallest absolute Gasteiger partial charge is 0.130 e. The van der Waals surface area contributed by atoms with Crippen LogP contribution >= 0.6 is 0 Å². The van der Waals surface area contributed by atoms with Crippen molar-refractivity contribution in [2.24, 2.45) is 0 Å². The number of nitrogens with two attached hydrogens (primary N) is 1. The van der Waals surface area contributed by atoms with Gasteiger partial charge in [0.05, 0.1) is 11.8 Å². The van der Waals surface area contributed by atoms with Crippen molar-refractivity contribution in [2.45, 2.75) is 32.7 Å². The Bertz CT molecular complexity index is 337. The highest BCUT2D eigenvalue weighted by molar-refractivity contribution is 5.33.